The number of hydrogen-bond donors (Lipinski definition) is 4. The second kappa shape index (κ2) is 11.2. The van der Waals surface area contributed by atoms with Crippen molar-refractivity contribution in [2.45, 2.75) is 24.4 Å². The summed E-state index contributed by atoms with van der Waals surface area (Å²) in [6.45, 7) is 0. The largest absolute Gasteiger partial charge is 0.480 e. The Balaban J connectivity index is 0.000000602. The molecule has 0 fully saturated rings. The van der Waals surface area contributed by atoms with Crippen molar-refractivity contribution >= 4 is 24.3 Å². The Hall–Kier alpha value is -2.97. The van der Waals surface area contributed by atoms with Crippen molar-refractivity contribution in [2.24, 2.45) is 17.2 Å². The molecule has 0 aliphatic rings. The summed E-state index contributed by atoms with van der Waals surface area (Å²) in [5.74, 6) is -4.89. The number of aliphatic carboxylic acids is 1. The van der Waals surface area contributed by atoms with Gasteiger partial charge in [0.05, 0.1) is 11.1 Å². The summed E-state index contributed by atoms with van der Waals surface area (Å²) in [5, 5.41) is 8.51. The van der Waals surface area contributed by atoms with Crippen LogP contribution >= 0.6 is 12.4 Å². The minimum absolute atomic E-state index is 0. The summed E-state index contributed by atoms with van der Waals surface area (Å²) < 4.78 is 100. The van der Waals surface area contributed by atoms with Crippen LogP contribution in [0, 0.1) is 11.6 Å². The van der Waals surface area contributed by atoms with Crippen LogP contribution in [0.4, 0.5) is 35.1 Å². The van der Waals surface area contributed by atoms with E-state index in [0.717, 1.165) is 24.3 Å². The predicted molar refractivity (Wildman–Crippen MR) is 101 cm³/mol. The van der Waals surface area contributed by atoms with Gasteiger partial charge in [-0.2, -0.15) is 26.3 Å². The molecule has 6 nitrogen and oxygen atoms in total. The monoisotopic (exact) mass is 509 g/mol. The van der Waals surface area contributed by atoms with Crippen molar-refractivity contribution in [1.82, 2.24) is 0 Å². The summed E-state index contributed by atoms with van der Waals surface area (Å²) in [5.41, 5.74) is 11.2. The fourth-order valence-electron chi connectivity index (χ4n) is 2.38. The molecule has 2 atom stereocenters. The summed E-state index contributed by atoms with van der Waals surface area (Å²) in [6, 6.07) is 0.0797. The third-order valence-electron chi connectivity index (χ3n) is 3.88. The molecular formula is C18H16ClF8N3O3. The highest BCUT2D eigenvalue weighted by Gasteiger charge is 2.37. The van der Waals surface area contributed by atoms with Gasteiger partial charge in [0.2, 0.25) is 5.91 Å². The first-order chi connectivity index (χ1) is 14.5. The predicted octanol–water partition coefficient (Wildman–Crippen LogP) is 3.68. The number of benzene rings is 2. The van der Waals surface area contributed by atoms with Gasteiger partial charge in [-0.3, -0.25) is 9.59 Å². The van der Waals surface area contributed by atoms with Gasteiger partial charge in [-0.15, -0.1) is 12.4 Å². The molecule has 184 valence electrons. The van der Waals surface area contributed by atoms with Gasteiger partial charge < -0.3 is 22.3 Å². The van der Waals surface area contributed by atoms with E-state index in [1.165, 1.54) is 0 Å². The summed E-state index contributed by atoms with van der Waals surface area (Å²) in [6.07, 6.45) is -9.63. The molecule has 15 heteroatoms. The fraction of sp³-hybridized carbons (Fsp3) is 0.222. The molecule has 2 aromatic rings. The third kappa shape index (κ3) is 8.14. The van der Waals surface area contributed by atoms with Crippen LogP contribution in [-0.2, 0) is 21.9 Å². The van der Waals surface area contributed by atoms with E-state index in [9.17, 15) is 44.7 Å². The van der Waals surface area contributed by atoms with E-state index in [-0.39, 0.29) is 24.5 Å². The van der Waals surface area contributed by atoms with E-state index < -0.39 is 70.2 Å². The number of alkyl halides is 6. The Morgan fingerprint density at radius 3 is 1.36 bits per heavy atom. The molecule has 0 saturated carbocycles. The number of carboxylic acid groups (broad SMARTS) is 1. The van der Waals surface area contributed by atoms with Crippen LogP contribution in [0.3, 0.4) is 0 Å². The van der Waals surface area contributed by atoms with Gasteiger partial charge >= 0.3 is 18.3 Å². The fourth-order valence-corrected chi connectivity index (χ4v) is 2.38. The van der Waals surface area contributed by atoms with Crippen LogP contribution < -0.4 is 17.2 Å². The van der Waals surface area contributed by atoms with Gasteiger partial charge in [-0.25, -0.2) is 8.78 Å². The van der Waals surface area contributed by atoms with E-state index in [1.807, 2.05) is 0 Å². The van der Waals surface area contributed by atoms with Gasteiger partial charge in [0.25, 0.3) is 0 Å². The van der Waals surface area contributed by atoms with Crippen molar-refractivity contribution < 1.29 is 49.8 Å². The smallest absolute Gasteiger partial charge is 0.416 e. The molecular weight excluding hydrogens is 494 g/mol. The Kier molecular flexibility index (Phi) is 10.2. The minimum atomic E-state index is -4.84. The highest BCUT2D eigenvalue weighted by Crippen LogP contribution is 2.35. The molecule has 7 N–H and O–H groups in total. The molecule has 2 rings (SSSR count). The van der Waals surface area contributed by atoms with E-state index in [1.54, 1.807) is 0 Å². The van der Waals surface area contributed by atoms with Gasteiger partial charge in [-0.1, -0.05) is 12.1 Å². The zero-order valence-corrected chi connectivity index (χ0v) is 16.9. The van der Waals surface area contributed by atoms with Crippen molar-refractivity contribution in [3.8, 4) is 0 Å². The molecule has 0 aliphatic carbocycles. The van der Waals surface area contributed by atoms with Crippen LogP contribution in [0.2, 0.25) is 0 Å². The SMILES string of the molecule is Cl.NC(=O)C(N)c1ccc(F)cc1C(F)(F)F.NC(C(=O)O)c1ccc(F)cc1C(F)(F)F. The van der Waals surface area contributed by atoms with E-state index in [2.05, 4.69) is 0 Å². The van der Waals surface area contributed by atoms with E-state index in [4.69, 9.17) is 22.3 Å². The number of primary amides is 1. The maximum atomic E-state index is 12.7. The van der Waals surface area contributed by atoms with Crippen LogP contribution in [0.5, 0.6) is 0 Å². The van der Waals surface area contributed by atoms with Crippen molar-refractivity contribution in [3.05, 3.63) is 70.3 Å². The second-order valence-electron chi connectivity index (χ2n) is 6.15. The highest BCUT2D eigenvalue weighted by atomic mass is 35.5. The molecule has 2 aromatic carbocycles. The summed E-state index contributed by atoms with van der Waals surface area (Å²) >= 11 is 0. The number of carbonyl (C=O) groups is 2. The van der Waals surface area contributed by atoms with Crippen molar-refractivity contribution in [3.63, 3.8) is 0 Å². The number of hydrogen-bond acceptors (Lipinski definition) is 4. The number of carboxylic acids is 1. The van der Waals surface area contributed by atoms with Crippen LogP contribution in [0.1, 0.15) is 34.3 Å². The zero-order chi connectivity index (χ0) is 25.0. The molecule has 0 aliphatic heterocycles. The average molecular weight is 510 g/mol. The van der Waals surface area contributed by atoms with E-state index in [0.29, 0.717) is 0 Å². The lowest BCUT2D eigenvalue weighted by Gasteiger charge is -2.15. The van der Waals surface area contributed by atoms with Crippen molar-refractivity contribution in [2.75, 3.05) is 0 Å². The zero-order valence-electron chi connectivity index (χ0n) is 16.0. The minimum Gasteiger partial charge on any atom is -0.480 e. The van der Waals surface area contributed by atoms with Crippen molar-refractivity contribution in [1.29, 1.82) is 0 Å². The molecule has 0 saturated heterocycles. The van der Waals surface area contributed by atoms with Gasteiger partial charge in [-0.05, 0) is 35.4 Å². The molecule has 1 amide bonds. The molecule has 0 bridgehead atoms. The number of rotatable bonds is 4. The Morgan fingerprint density at radius 1 is 0.758 bits per heavy atom. The molecule has 33 heavy (non-hydrogen) atoms. The summed E-state index contributed by atoms with van der Waals surface area (Å²) in [4.78, 5) is 21.2. The first-order valence-corrected chi connectivity index (χ1v) is 8.23. The second-order valence-corrected chi connectivity index (χ2v) is 6.15. The van der Waals surface area contributed by atoms with E-state index >= 15 is 0 Å². The standard InChI is InChI=1S/C9H8F4N2O.C9H7F4NO2.ClH/c2*10-4-1-2-5(7(14)8(15)16)6(3-4)9(11,12)13;/h1-3,7H,14H2,(H2,15,16);1-3,7H,14H2,(H,15,16);1H. The maximum Gasteiger partial charge on any atom is 0.416 e. The molecule has 0 spiro atoms. The number of amides is 1. The lowest BCUT2D eigenvalue weighted by Crippen LogP contribution is -2.30. The molecule has 0 radical (unpaired) electrons. The van der Waals surface area contributed by atoms with Crippen LogP contribution in [-0.4, -0.2) is 17.0 Å². The Labute approximate surface area is 186 Å². The molecule has 2 unspecified atom stereocenters. The first kappa shape index (κ1) is 30.0. The summed E-state index contributed by atoms with van der Waals surface area (Å²) in [7, 11) is 0. The Morgan fingerprint density at radius 2 is 1.09 bits per heavy atom. The number of nitrogens with two attached hydrogens (primary N) is 3. The molecule has 0 heterocycles. The average Bonchev–Trinajstić information content (AvgIpc) is 2.65. The molecule has 0 aromatic heterocycles. The van der Waals surface area contributed by atoms with Gasteiger partial charge in [0.1, 0.15) is 23.7 Å². The normalized spacial score (nSPS) is 13.2. The van der Waals surface area contributed by atoms with Crippen LogP contribution in [0.25, 0.3) is 0 Å². The van der Waals surface area contributed by atoms with Gasteiger partial charge in [0.15, 0.2) is 0 Å². The van der Waals surface area contributed by atoms with Gasteiger partial charge in [0, 0.05) is 0 Å². The maximum absolute atomic E-state index is 12.7. The highest BCUT2D eigenvalue weighted by molar-refractivity contribution is 5.85. The third-order valence-corrected chi connectivity index (χ3v) is 3.88. The lowest BCUT2D eigenvalue weighted by atomic mass is 10.00. The number of halogens is 9. The quantitative estimate of drug-likeness (QED) is 0.467. The lowest BCUT2D eigenvalue weighted by molar-refractivity contribution is -0.142. The topological polar surface area (TPSA) is 132 Å². The first-order valence-electron chi connectivity index (χ1n) is 8.23. The Bertz CT molecular complexity index is 919. The van der Waals surface area contributed by atoms with Crippen LogP contribution in [0.15, 0.2) is 36.4 Å². The number of carbonyl (C=O) groups excluding carboxylic acids is 1.